The van der Waals surface area contributed by atoms with Crippen molar-refractivity contribution in [3.8, 4) is 0 Å². The Morgan fingerprint density at radius 1 is 1.44 bits per heavy atom. The molecule has 1 aromatic rings. The standard InChI is InChI=1S/C13H22N4O/c1-4-17(8-13(2,3)18)11-7-10(14)15-12(16-11)9-5-6-9/h7,9,18H,4-6,8H2,1-3H3,(H2,14,15,16). The number of hydrogen-bond acceptors (Lipinski definition) is 5. The van der Waals surface area contributed by atoms with Gasteiger partial charge in [0.1, 0.15) is 17.5 Å². The van der Waals surface area contributed by atoms with E-state index in [2.05, 4.69) is 9.97 Å². The van der Waals surface area contributed by atoms with E-state index in [1.165, 1.54) is 0 Å². The second-order valence-corrected chi connectivity index (χ2v) is 5.61. The molecule has 1 aromatic heterocycles. The molecule has 0 spiro atoms. The van der Waals surface area contributed by atoms with E-state index in [0.717, 1.165) is 31.0 Å². The molecule has 0 radical (unpaired) electrons. The second-order valence-electron chi connectivity index (χ2n) is 5.61. The molecule has 0 atom stereocenters. The summed E-state index contributed by atoms with van der Waals surface area (Å²) in [6.07, 6.45) is 2.31. The molecule has 5 heteroatoms. The van der Waals surface area contributed by atoms with E-state index in [4.69, 9.17) is 5.73 Å². The maximum Gasteiger partial charge on any atom is 0.136 e. The van der Waals surface area contributed by atoms with Crippen molar-refractivity contribution < 1.29 is 5.11 Å². The molecule has 0 unspecified atom stereocenters. The van der Waals surface area contributed by atoms with Crippen molar-refractivity contribution in [2.75, 3.05) is 23.7 Å². The van der Waals surface area contributed by atoms with E-state index in [1.54, 1.807) is 19.9 Å². The third kappa shape index (κ3) is 3.32. The number of hydrogen-bond donors (Lipinski definition) is 2. The number of anilines is 2. The molecule has 1 heterocycles. The summed E-state index contributed by atoms with van der Waals surface area (Å²) in [5, 5.41) is 9.92. The first-order chi connectivity index (χ1) is 8.39. The predicted molar refractivity (Wildman–Crippen MR) is 72.6 cm³/mol. The Kier molecular flexibility index (Phi) is 3.43. The summed E-state index contributed by atoms with van der Waals surface area (Å²) in [4.78, 5) is 10.9. The van der Waals surface area contributed by atoms with Gasteiger partial charge in [0.05, 0.1) is 5.60 Å². The van der Waals surface area contributed by atoms with Crippen molar-refractivity contribution in [1.82, 2.24) is 9.97 Å². The fraction of sp³-hybridized carbons (Fsp3) is 0.692. The molecule has 1 aliphatic carbocycles. The van der Waals surface area contributed by atoms with E-state index >= 15 is 0 Å². The van der Waals surface area contributed by atoms with E-state index in [9.17, 15) is 5.11 Å². The monoisotopic (exact) mass is 250 g/mol. The molecule has 0 saturated heterocycles. The number of nitrogen functional groups attached to an aromatic ring is 1. The van der Waals surface area contributed by atoms with E-state index in [0.29, 0.717) is 18.3 Å². The lowest BCUT2D eigenvalue weighted by molar-refractivity contribution is 0.0874. The minimum atomic E-state index is -0.754. The van der Waals surface area contributed by atoms with Crippen LogP contribution in [0.3, 0.4) is 0 Å². The Bertz CT molecular complexity index is 423. The summed E-state index contributed by atoms with van der Waals surface area (Å²) in [6, 6.07) is 1.78. The minimum absolute atomic E-state index is 0.480. The van der Waals surface area contributed by atoms with Gasteiger partial charge < -0.3 is 15.7 Å². The number of likely N-dealkylation sites (N-methyl/N-ethyl adjacent to an activating group) is 1. The van der Waals surface area contributed by atoms with Crippen LogP contribution in [0.4, 0.5) is 11.6 Å². The second kappa shape index (κ2) is 4.72. The van der Waals surface area contributed by atoms with Crippen molar-refractivity contribution in [2.24, 2.45) is 0 Å². The molecule has 0 aliphatic heterocycles. The largest absolute Gasteiger partial charge is 0.389 e. The fourth-order valence-corrected chi connectivity index (χ4v) is 1.98. The van der Waals surface area contributed by atoms with E-state index in [1.807, 2.05) is 11.8 Å². The zero-order valence-electron chi connectivity index (χ0n) is 11.3. The van der Waals surface area contributed by atoms with Crippen LogP contribution in [0.1, 0.15) is 45.4 Å². The van der Waals surface area contributed by atoms with Crippen molar-refractivity contribution in [1.29, 1.82) is 0 Å². The lowest BCUT2D eigenvalue weighted by Gasteiger charge is -2.29. The van der Waals surface area contributed by atoms with Gasteiger partial charge in [-0.3, -0.25) is 0 Å². The highest BCUT2D eigenvalue weighted by atomic mass is 16.3. The number of nitrogens with zero attached hydrogens (tertiary/aromatic N) is 3. The average molecular weight is 250 g/mol. The van der Waals surface area contributed by atoms with Gasteiger partial charge in [-0.25, -0.2) is 9.97 Å². The summed E-state index contributed by atoms with van der Waals surface area (Å²) >= 11 is 0. The zero-order chi connectivity index (χ0) is 13.3. The average Bonchev–Trinajstić information content (AvgIpc) is 3.07. The Balaban J connectivity index is 2.24. The number of aliphatic hydroxyl groups is 1. The molecule has 5 nitrogen and oxygen atoms in total. The van der Waals surface area contributed by atoms with Crippen LogP contribution >= 0.6 is 0 Å². The summed E-state index contributed by atoms with van der Waals surface area (Å²) in [5.74, 6) is 2.65. The molecule has 18 heavy (non-hydrogen) atoms. The van der Waals surface area contributed by atoms with Crippen LogP contribution in [-0.4, -0.2) is 33.8 Å². The first-order valence-corrected chi connectivity index (χ1v) is 6.51. The highest BCUT2D eigenvalue weighted by Crippen LogP contribution is 2.38. The molecule has 1 saturated carbocycles. The van der Waals surface area contributed by atoms with Crippen LogP contribution in [0.15, 0.2) is 6.07 Å². The van der Waals surface area contributed by atoms with Gasteiger partial charge in [0.25, 0.3) is 0 Å². The molecule has 1 aliphatic rings. The molecule has 0 bridgehead atoms. The lowest BCUT2D eigenvalue weighted by Crippen LogP contribution is -2.39. The molecule has 0 amide bonds. The molecule has 1 fully saturated rings. The van der Waals surface area contributed by atoms with Gasteiger partial charge in [-0.15, -0.1) is 0 Å². The fourth-order valence-electron chi connectivity index (χ4n) is 1.98. The molecular weight excluding hydrogens is 228 g/mol. The third-order valence-electron chi connectivity index (χ3n) is 2.98. The van der Waals surface area contributed by atoms with Crippen molar-refractivity contribution in [3.63, 3.8) is 0 Å². The smallest absolute Gasteiger partial charge is 0.136 e. The van der Waals surface area contributed by atoms with Crippen molar-refractivity contribution in [2.45, 2.75) is 45.1 Å². The summed E-state index contributed by atoms with van der Waals surface area (Å²) in [5.41, 5.74) is 5.09. The van der Waals surface area contributed by atoms with Gasteiger partial charge in [-0.1, -0.05) is 0 Å². The Morgan fingerprint density at radius 3 is 2.61 bits per heavy atom. The van der Waals surface area contributed by atoms with Crippen LogP contribution < -0.4 is 10.6 Å². The molecule has 100 valence electrons. The normalized spacial score (nSPS) is 15.8. The molecule has 3 N–H and O–H groups in total. The van der Waals surface area contributed by atoms with Gasteiger partial charge in [0, 0.05) is 25.1 Å². The van der Waals surface area contributed by atoms with Gasteiger partial charge >= 0.3 is 0 Å². The first kappa shape index (κ1) is 13.1. The Hall–Kier alpha value is -1.36. The van der Waals surface area contributed by atoms with Crippen molar-refractivity contribution in [3.05, 3.63) is 11.9 Å². The third-order valence-corrected chi connectivity index (χ3v) is 2.98. The highest BCUT2D eigenvalue weighted by molar-refractivity contribution is 5.47. The summed E-state index contributed by atoms with van der Waals surface area (Å²) < 4.78 is 0. The van der Waals surface area contributed by atoms with Crippen LogP contribution in [0.2, 0.25) is 0 Å². The number of aromatic nitrogens is 2. The van der Waals surface area contributed by atoms with E-state index < -0.39 is 5.60 Å². The van der Waals surface area contributed by atoms with Crippen LogP contribution in [0.5, 0.6) is 0 Å². The minimum Gasteiger partial charge on any atom is -0.389 e. The SMILES string of the molecule is CCN(CC(C)(C)O)c1cc(N)nc(C2CC2)n1. The van der Waals surface area contributed by atoms with Crippen molar-refractivity contribution >= 4 is 11.6 Å². The highest BCUT2D eigenvalue weighted by Gasteiger charge is 2.28. The quantitative estimate of drug-likeness (QED) is 0.829. The molecule has 2 rings (SSSR count). The van der Waals surface area contributed by atoms with Crippen LogP contribution in [0, 0.1) is 0 Å². The van der Waals surface area contributed by atoms with Gasteiger partial charge in [0.2, 0.25) is 0 Å². The summed E-state index contributed by atoms with van der Waals surface area (Å²) in [7, 11) is 0. The van der Waals surface area contributed by atoms with Gasteiger partial charge in [-0.05, 0) is 33.6 Å². The molecular formula is C13H22N4O. The van der Waals surface area contributed by atoms with Crippen LogP contribution in [-0.2, 0) is 0 Å². The van der Waals surface area contributed by atoms with Gasteiger partial charge in [-0.2, -0.15) is 0 Å². The predicted octanol–water partition coefficient (Wildman–Crippen LogP) is 1.53. The topological polar surface area (TPSA) is 75.3 Å². The lowest BCUT2D eigenvalue weighted by atomic mass is 10.1. The summed E-state index contributed by atoms with van der Waals surface area (Å²) in [6.45, 7) is 6.94. The first-order valence-electron chi connectivity index (χ1n) is 6.51. The Morgan fingerprint density at radius 2 is 2.11 bits per heavy atom. The molecule has 0 aromatic carbocycles. The maximum absolute atomic E-state index is 9.92. The maximum atomic E-state index is 9.92. The Labute approximate surface area is 108 Å². The number of rotatable bonds is 5. The van der Waals surface area contributed by atoms with E-state index in [-0.39, 0.29) is 0 Å². The van der Waals surface area contributed by atoms with Gasteiger partial charge in [0.15, 0.2) is 0 Å². The zero-order valence-corrected chi connectivity index (χ0v) is 11.3. The van der Waals surface area contributed by atoms with Crippen LogP contribution in [0.25, 0.3) is 0 Å². The number of nitrogens with two attached hydrogens (primary N) is 1.